The van der Waals surface area contributed by atoms with E-state index in [9.17, 15) is 25.3 Å². The SMILES string of the molecule is CC(C)C.CC1=C(C(=O)O)C(c2cccc([N+](=O)[O-])c2)C(C#N)=C(N)N1. The van der Waals surface area contributed by atoms with Gasteiger partial charge in [-0.15, -0.1) is 0 Å². The highest BCUT2D eigenvalue weighted by Crippen LogP contribution is 2.37. The summed E-state index contributed by atoms with van der Waals surface area (Å²) in [5, 5.41) is 32.2. The number of nitrogens with zero attached hydrogens (tertiary/aromatic N) is 2. The molecule has 1 heterocycles. The third-order valence-corrected chi connectivity index (χ3v) is 3.36. The molecule has 0 radical (unpaired) electrons. The molecular formula is C18H22N4O4. The van der Waals surface area contributed by atoms with Crippen LogP contribution in [0.1, 0.15) is 39.2 Å². The Labute approximate surface area is 151 Å². The summed E-state index contributed by atoms with van der Waals surface area (Å²) in [6, 6.07) is 7.39. The Morgan fingerprint density at radius 2 is 2.00 bits per heavy atom. The van der Waals surface area contributed by atoms with E-state index in [0.29, 0.717) is 11.3 Å². The van der Waals surface area contributed by atoms with Gasteiger partial charge >= 0.3 is 5.97 Å². The topological polar surface area (TPSA) is 142 Å². The van der Waals surface area contributed by atoms with E-state index in [2.05, 4.69) is 26.1 Å². The van der Waals surface area contributed by atoms with Gasteiger partial charge < -0.3 is 16.2 Å². The van der Waals surface area contributed by atoms with Crippen molar-refractivity contribution in [1.29, 1.82) is 5.26 Å². The summed E-state index contributed by atoms with van der Waals surface area (Å²) >= 11 is 0. The van der Waals surface area contributed by atoms with E-state index < -0.39 is 16.8 Å². The van der Waals surface area contributed by atoms with Crippen molar-refractivity contribution in [2.24, 2.45) is 11.7 Å². The van der Waals surface area contributed by atoms with Crippen molar-refractivity contribution in [2.45, 2.75) is 33.6 Å². The van der Waals surface area contributed by atoms with Crippen molar-refractivity contribution in [3.63, 3.8) is 0 Å². The van der Waals surface area contributed by atoms with E-state index in [1.165, 1.54) is 31.2 Å². The second kappa shape index (κ2) is 8.67. The van der Waals surface area contributed by atoms with Gasteiger partial charge in [-0.3, -0.25) is 10.1 Å². The van der Waals surface area contributed by atoms with E-state index >= 15 is 0 Å². The molecule has 1 unspecified atom stereocenters. The number of allylic oxidation sites excluding steroid dienone is 2. The van der Waals surface area contributed by atoms with Crippen LogP contribution in [0.15, 0.2) is 46.9 Å². The Morgan fingerprint density at radius 3 is 2.46 bits per heavy atom. The number of aliphatic carboxylic acids is 1. The summed E-state index contributed by atoms with van der Waals surface area (Å²) in [5.74, 6) is -1.30. The van der Waals surface area contributed by atoms with Gasteiger partial charge in [-0.25, -0.2) is 4.79 Å². The van der Waals surface area contributed by atoms with Crippen LogP contribution in [-0.2, 0) is 4.79 Å². The van der Waals surface area contributed by atoms with Crippen molar-refractivity contribution >= 4 is 11.7 Å². The fraction of sp³-hybridized carbons (Fsp3) is 0.333. The molecule has 0 amide bonds. The van der Waals surface area contributed by atoms with Crippen LogP contribution in [0.2, 0.25) is 0 Å². The molecule has 0 aromatic heterocycles. The van der Waals surface area contributed by atoms with Gasteiger partial charge in [-0.1, -0.05) is 32.9 Å². The number of benzene rings is 1. The molecule has 8 nitrogen and oxygen atoms in total. The van der Waals surface area contributed by atoms with Crippen molar-refractivity contribution in [3.05, 3.63) is 62.6 Å². The summed E-state index contributed by atoms with van der Waals surface area (Å²) in [6.07, 6.45) is 0. The summed E-state index contributed by atoms with van der Waals surface area (Å²) in [5.41, 5.74) is 6.14. The first kappa shape index (κ1) is 20.7. The third-order valence-electron chi connectivity index (χ3n) is 3.36. The fourth-order valence-electron chi connectivity index (χ4n) is 2.41. The van der Waals surface area contributed by atoms with E-state index in [1.54, 1.807) is 0 Å². The molecule has 4 N–H and O–H groups in total. The first-order valence-corrected chi connectivity index (χ1v) is 7.95. The number of carbonyl (C=O) groups is 1. The highest BCUT2D eigenvalue weighted by Gasteiger charge is 2.34. The Hall–Kier alpha value is -3.34. The first-order valence-electron chi connectivity index (χ1n) is 7.95. The number of dihydropyridines is 1. The smallest absolute Gasteiger partial charge is 0.334 e. The predicted octanol–water partition coefficient (Wildman–Crippen LogP) is 3.00. The lowest BCUT2D eigenvalue weighted by Gasteiger charge is -2.26. The molecule has 0 aliphatic carbocycles. The third kappa shape index (κ3) is 4.83. The summed E-state index contributed by atoms with van der Waals surface area (Å²) in [7, 11) is 0. The second-order valence-corrected chi connectivity index (χ2v) is 6.43. The second-order valence-electron chi connectivity index (χ2n) is 6.43. The molecule has 1 atom stereocenters. The zero-order chi connectivity index (χ0) is 20.0. The van der Waals surface area contributed by atoms with Crippen molar-refractivity contribution < 1.29 is 14.8 Å². The molecule has 0 bridgehead atoms. The van der Waals surface area contributed by atoms with Crippen LogP contribution in [-0.4, -0.2) is 16.0 Å². The monoisotopic (exact) mass is 358 g/mol. The lowest BCUT2D eigenvalue weighted by Crippen LogP contribution is -2.32. The Bertz CT molecular complexity index is 816. The number of non-ortho nitro benzene ring substituents is 1. The number of nitriles is 1. The standard InChI is InChI=1S/C14H12N4O4.C4H10/c1-7-11(14(19)20)12(10(6-15)13(16)17-7)8-3-2-4-9(5-8)18(21)22;1-4(2)3/h2-5,12,17H,16H2,1H3,(H,19,20);4H,1-3H3. The minimum Gasteiger partial charge on any atom is -0.478 e. The average Bonchev–Trinajstić information content (AvgIpc) is 2.53. The number of nitrogens with one attached hydrogen (secondary N) is 1. The van der Waals surface area contributed by atoms with Crippen LogP contribution in [0.3, 0.4) is 0 Å². The molecule has 0 saturated carbocycles. The lowest BCUT2D eigenvalue weighted by atomic mass is 9.82. The maximum atomic E-state index is 11.5. The minimum atomic E-state index is -1.22. The number of nitrogens with two attached hydrogens (primary N) is 1. The Morgan fingerprint density at radius 1 is 1.42 bits per heavy atom. The summed E-state index contributed by atoms with van der Waals surface area (Å²) in [6.45, 7) is 8.02. The highest BCUT2D eigenvalue weighted by molar-refractivity contribution is 5.91. The fourth-order valence-corrected chi connectivity index (χ4v) is 2.41. The van der Waals surface area contributed by atoms with Crippen LogP contribution in [0.4, 0.5) is 5.69 Å². The number of nitro groups is 1. The van der Waals surface area contributed by atoms with Crippen LogP contribution in [0, 0.1) is 27.4 Å². The van der Waals surface area contributed by atoms with Crippen LogP contribution < -0.4 is 11.1 Å². The number of hydrogen-bond acceptors (Lipinski definition) is 6. The molecule has 1 aromatic carbocycles. The number of hydrogen-bond donors (Lipinski definition) is 3. The van der Waals surface area contributed by atoms with Crippen LogP contribution in [0.25, 0.3) is 0 Å². The van der Waals surface area contributed by atoms with E-state index in [-0.39, 0.29) is 22.7 Å². The molecule has 8 heteroatoms. The lowest BCUT2D eigenvalue weighted by molar-refractivity contribution is -0.384. The predicted molar refractivity (Wildman–Crippen MR) is 96.6 cm³/mol. The van der Waals surface area contributed by atoms with E-state index in [4.69, 9.17) is 5.73 Å². The molecule has 1 aliphatic rings. The molecule has 1 aromatic rings. The summed E-state index contributed by atoms with van der Waals surface area (Å²) in [4.78, 5) is 21.8. The Balaban J connectivity index is 0.000000765. The van der Waals surface area contributed by atoms with E-state index in [0.717, 1.165) is 5.92 Å². The zero-order valence-electron chi connectivity index (χ0n) is 15.1. The maximum Gasteiger partial charge on any atom is 0.334 e. The molecule has 0 fully saturated rings. The van der Waals surface area contributed by atoms with Gasteiger partial charge in [0.1, 0.15) is 5.82 Å². The minimum absolute atomic E-state index is 0.0171. The number of carboxylic acid groups (broad SMARTS) is 1. The van der Waals surface area contributed by atoms with Gasteiger partial charge in [0.15, 0.2) is 0 Å². The first-order chi connectivity index (χ1) is 12.1. The van der Waals surface area contributed by atoms with Gasteiger partial charge in [-0.05, 0) is 18.4 Å². The van der Waals surface area contributed by atoms with Gasteiger partial charge in [0.2, 0.25) is 0 Å². The molecule has 26 heavy (non-hydrogen) atoms. The van der Waals surface area contributed by atoms with Crippen molar-refractivity contribution in [1.82, 2.24) is 5.32 Å². The molecule has 2 rings (SSSR count). The number of nitro benzene ring substituents is 1. The van der Waals surface area contributed by atoms with Gasteiger partial charge in [0, 0.05) is 17.8 Å². The van der Waals surface area contributed by atoms with Crippen molar-refractivity contribution in [2.75, 3.05) is 0 Å². The largest absolute Gasteiger partial charge is 0.478 e. The Kier molecular flexibility index (Phi) is 6.90. The van der Waals surface area contributed by atoms with Gasteiger partial charge in [0.25, 0.3) is 5.69 Å². The zero-order valence-corrected chi connectivity index (χ0v) is 15.1. The van der Waals surface area contributed by atoms with Crippen molar-refractivity contribution in [3.8, 4) is 6.07 Å². The maximum absolute atomic E-state index is 11.5. The quantitative estimate of drug-likeness (QED) is 0.556. The van der Waals surface area contributed by atoms with Gasteiger partial charge in [-0.2, -0.15) is 5.26 Å². The van der Waals surface area contributed by atoms with E-state index in [1.807, 2.05) is 6.07 Å². The number of carboxylic acids is 1. The number of rotatable bonds is 3. The molecule has 0 saturated heterocycles. The van der Waals surface area contributed by atoms with Crippen LogP contribution >= 0.6 is 0 Å². The average molecular weight is 358 g/mol. The molecule has 138 valence electrons. The van der Waals surface area contributed by atoms with Crippen LogP contribution in [0.5, 0.6) is 0 Å². The molecule has 1 aliphatic heterocycles. The highest BCUT2D eigenvalue weighted by atomic mass is 16.6. The molecular weight excluding hydrogens is 336 g/mol. The summed E-state index contributed by atoms with van der Waals surface area (Å²) < 4.78 is 0. The normalized spacial score (nSPS) is 16.4. The van der Waals surface area contributed by atoms with Gasteiger partial charge in [0.05, 0.1) is 28.1 Å². The molecule has 0 spiro atoms.